The number of nitrogens with one attached hydrogen (secondary N) is 2. The fourth-order valence-electron chi connectivity index (χ4n) is 2.18. The zero-order chi connectivity index (χ0) is 16.2. The molecule has 9 heteroatoms. The molecule has 1 aliphatic rings. The third kappa shape index (κ3) is 6.18. The average Bonchev–Trinajstić information content (AvgIpc) is 2.93. The maximum Gasteiger partial charge on any atom is 0.417 e. The topological polar surface area (TPSA) is 50.4 Å². The lowest BCUT2D eigenvalue weighted by atomic mass is 10.2. The lowest BCUT2D eigenvalue weighted by Gasteiger charge is -2.13. The van der Waals surface area contributed by atoms with E-state index in [1.54, 1.807) is 0 Å². The maximum atomic E-state index is 12.7. The molecule has 4 nitrogen and oxygen atoms in total. The molecule has 0 aliphatic carbocycles. The van der Waals surface area contributed by atoms with E-state index < -0.39 is 22.7 Å². The van der Waals surface area contributed by atoms with Crippen molar-refractivity contribution in [2.45, 2.75) is 25.1 Å². The fraction of sp³-hybridized carbons (Fsp3) is 0.500. The van der Waals surface area contributed by atoms with E-state index in [-0.39, 0.29) is 30.7 Å². The van der Waals surface area contributed by atoms with Crippen molar-refractivity contribution in [3.05, 3.63) is 28.8 Å². The molecule has 1 unspecified atom stereocenters. The van der Waals surface area contributed by atoms with Crippen LogP contribution in [0, 0.1) is 0 Å². The van der Waals surface area contributed by atoms with Gasteiger partial charge in [0.1, 0.15) is 0 Å². The Balaban J connectivity index is 0.00000264. The van der Waals surface area contributed by atoms with Gasteiger partial charge in [-0.15, -0.1) is 12.4 Å². The van der Waals surface area contributed by atoms with Gasteiger partial charge in [0.15, 0.2) is 0 Å². The van der Waals surface area contributed by atoms with Crippen molar-refractivity contribution in [3.8, 4) is 0 Å². The van der Waals surface area contributed by atoms with Crippen LogP contribution in [-0.4, -0.2) is 31.7 Å². The third-order valence-electron chi connectivity index (χ3n) is 3.24. The molecule has 1 heterocycles. The van der Waals surface area contributed by atoms with E-state index in [0.29, 0.717) is 6.54 Å². The highest BCUT2D eigenvalue weighted by Crippen LogP contribution is 2.36. The quantitative estimate of drug-likeness (QED) is 0.831. The van der Waals surface area contributed by atoms with Crippen molar-refractivity contribution < 1.29 is 22.7 Å². The van der Waals surface area contributed by atoms with E-state index in [0.717, 1.165) is 31.6 Å². The number of anilines is 1. The number of hydrogen-bond donors (Lipinski definition) is 2. The van der Waals surface area contributed by atoms with Crippen LogP contribution in [0.3, 0.4) is 0 Å². The van der Waals surface area contributed by atoms with Crippen molar-refractivity contribution in [1.29, 1.82) is 0 Å². The van der Waals surface area contributed by atoms with Crippen LogP contribution in [0.1, 0.15) is 18.4 Å². The van der Waals surface area contributed by atoms with Crippen molar-refractivity contribution >= 4 is 35.6 Å². The van der Waals surface area contributed by atoms with Gasteiger partial charge in [0.05, 0.1) is 23.2 Å². The lowest BCUT2D eigenvalue weighted by molar-refractivity contribution is -0.137. The number of alkyl halides is 3. The standard InChI is InChI=1S/C14H16ClF3N2O2.ClH/c15-12-4-3-9(6-11(12)14(16,17)18)20-13(21)8-19-7-10-2-1-5-22-10;/h3-4,6,10,19H,1-2,5,7-8H2,(H,20,21);1H. The number of rotatable bonds is 5. The molecule has 1 aromatic carbocycles. The SMILES string of the molecule is Cl.O=C(CNCC1CCCO1)Nc1ccc(Cl)c(C(F)(F)F)c1. The van der Waals surface area contributed by atoms with E-state index in [9.17, 15) is 18.0 Å². The van der Waals surface area contributed by atoms with Gasteiger partial charge in [-0.2, -0.15) is 13.2 Å². The summed E-state index contributed by atoms with van der Waals surface area (Å²) in [5, 5.41) is 4.92. The highest BCUT2D eigenvalue weighted by Gasteiger charge is 2.33. The molecule has 2 rings (SSSR count). The smallest absolute Gasteiger partial charge is 0.377 e. The van der Waals surface area contributed by atoms with Crippen LogP contribution in [0.25, 0.3) is 0 Å². The molecular weight excluding hydrogens is 356 g/mol. The molecule has 0 spiro atoms. The van der Waals surface area contributed by atoms with Gasteiger partial charge < -0.3 is 15.4 Å². The van der Waals surface area contributed by atoms with E-state index in [1.807, 2.05) is 0 Å². The second kappa shape index (κ2) is 8.73. The molecule has 1 aromatic rings. The Morgan fingerprint density at radius 3 is 2.74 bits per heavy atom. The van der Waals surface area contributed by atoms with Gasteiger partial charge in [-0.25, -0.2) is 0 Å². The summed E-state index contributed by atoms with van der Waals surface area (Å²) in [5.41, 5.74) is -0.917. The second-order valence-electron chi connectivity index (χ2n) is 5.01. The first-order valence-corrected chi connectivity index (χ1v) is 7.23. The molecule has 0 aromatic heterocycles. The van der Waals surface area contributed by atoms with Crippen molar-refractivity contribution in [1.82, 2.24) is 5.32 Å². The van der Waals surface area contributed by atoms with E-state index in [1.165, 1.54) is 6.07 Å². The lowest BCUT2D eigenvalue weighted by Crippen LogP contribution is -2.33. The predicted molar refractivity (Wildman–Crippen MR) is 84.2 cm³/mol. The summed E-state index contributed by atoms with van der Waals surface area (Å²) in [6.45, 7) is 1.27. The number of carbonyl (C=O) groups excluding carboxylic acids is 1. The molecule has 1 atom stereocenters. The molecule has 130 valence electrons. The zero-order valence-electron chi connectivity index (χ0n) is 12.1. The molecule has 1 fully saturated rings. The average molecular weight is 373 g/mol. The largest absolute Gasteiger partial charge is 0.417 e. The van der Waals surface area contributed by atoms with Gasteiger partial charge in [0, 0.05) is 18.8 Å². The number of benzene rings is 1. The maximum absolute atomic E-state index is 12.7. The first-order chi connectivity index (χ1) is 10.4. The summed E-state index contributed by atoms with van der Waals surface area (Å²) in [4.78, 5) is 11.7. The minimum absolute atomic E-state index is 0. The molecule has 23 heavy (non-hydrogen) atoms. The number of carbonyl (C=O) groups is 1. The first-order valence-electron chi connectivity index (χ1n) is 6.85. The van der Waals surface area contributed by atoms with Gasteiger partial charge in [0.25, 0.3) is 0 Å². The van der Waals surface area contributed by atoms with E-state index >= 15 is 0 Å². The van der Waals surface area contributed by atoms with Crippen molar-refractivity contribution in [2.75, 3.05) is 25.0 Å². The Labute approximate surface area is 143 Å². The van der Waals surface area contributed by atoms with E-state index in [4.69, 9.17) is 16.3 Å². The highest BCUT2D eigenvalue weighted by molar-refractivity contribution is 6.31. The Kier molecular flexibility index (Phi) is 7.60. The van der Waals surface area contributed by atoms with Gasteiger partial charge in [-0.3, -0.25) is 4.79 Å². The third-order valence-corrected chi connectivity index (χ3v) is 3.57. The normalized spacial score (nSPS) is 17.7. The van der Waals surface area contributed by atoms with Crippen LogP contribution in [0.2, 0.25) is 5.02 Å². The van der Waals surface area contributed by atoms with Crippen molar-refractivity contribution in [2.24, 2.45) is 0 Å². The molecular formula is C14H17Cl2F3N2O2. The number of hydrogen-bond acceptors (Lipinski definition) is 3. The fourth-order valence-corrected chi connectivity index (χ4v) is 2.40. The number of halogens is 5. The van der Waals surface area contributed by atoms with Crippen LogP contribution in [0.5, 0.6) is 0 Å². The molecule has 0 bridgehead atoms. The monoisotopic (exact) mass is 372 g/mol. The summed E-state index contributed by atoms with van der Waals surface area (Å²) in [6.07, 6.45) is -2.51. The van der Waals surface area contributed by atoms with Crippen molar-refractivity contribution in [3.63, 3.8) is 0 Å². The van der Waals surface area contributed by atoms with Gasteiger partial charge in [0.2, 0.25) is 5.91 Å². The first kappa shape index (κ1) is 20.0. The van der Waals surface area contributed by atoms with Crippen LogP contribution in [0.15, 0.2) is 18.2 Å². The van der Waals surface area contributed by atoms with Gasteiger partial charge in [-0.1, -0.05) is 11.6 Å². The minimum atomic E-state index is -4.56. The Morgan fingerprint density at radius 1 is 1.39 bits per heavy atom. The summed E-state index contributed by atoms with van der Waals surface area (Å²) in [7, 11) is 0. The summed E-state index contributed by atoms with van der Waals surface area (Å²) in [5.74, 6) is -0.423. The van der Waals surface area contributed by atoms with Crippen LogP contribution >= 0.6 is 24.0 Å². The van der Waals surface area contributed by atoms with Gasteiger partial charge in [-0.05, 0) is 31.0 Å². The Bertz CT molecular complexity index is 535. The Hall–Kier alpha value is -1.02. The molecule has 2 N–H and O–H groups in total. The highest BCUT2D eigenvalue weighted by atomic mass is 35.5. The molecule has 1 amide bonds. The second-order valence-corrected chi connectivity index (χ2v) is 5.41. The summed E-state index contributed by atoms with van der Waals surface area (Å²) >= 11 is 5.51. The van der Waals surface area contributed by atoms with Crippen LogP contribution < -0.4 is 10.6 Å². The van der Waals surface area contributed by atoms with E-state index in [2.05, 4.69) is 10.6 Å². The number of ether oxygens (including phenoxy) is 1. The molecule has 0 radical (unpaired) electrons. The minimum Gasteiger partial charge on any atom is -0.377 e. The summed E-state index contributed by atoms with van der Waals surface area (Å²) in [6, 6.07) is 3.26. The molecule has 1 saturated heterocycles. The summed E-state index contributed by atoms with van der Waals surface area (Å²) < 4.78 is 43.5. The zero-order valence-corrected chi connectivity index (χ0v) is 13.7. The van der Waals surface area contributed by atoms with Crippen LogP contribution in [0.4, 0.5) is 18.9 Å². The Morgan fingerprint density at radius 2 is 2.13 bits per heavy atom. The van der Waals surface area contributed by atoms with Gasteiger partial charge >= 0.3 is 6.18 Å². The molecule has 1 aliphatic heterocycles. The number of amides is 1. The molecule has 0 saturated carbocycles. The predicted octanol–water partition coefficient (Wildman–Crippen LogP) is 3.49. The van der Waals surface area contributed by atoms with Crippen LogP contribution in [-0.2, 0) is 15.7 Å².